The van der Waals surface area contributed by atoms with Crippen LogP contribution in [0.3, 0.4) is 0 Å². The molecule has 9 nitrogen and oxygen atoms in total. The number of hydrogen-bond donors (Lipinski definition) is 2. The molecule has 2 rings (SSSR count). The standard InChI is InChI=1S/C20H38N6O3.2H2/c1-5-17(4)18(27)21-6-7-23-8-10-25(11-9-23)20(29)26-14-12-24(13-15-26)19(28)22-16(2)3;;/h16-17H,5-15H2,1-4H3,(H,21,27)(H,22,28);2*1H. The first-order valence-corrected chi connectivity index (χ1v) is 10.9. The molecule has 29 heavy (non-hydrogen) atoms. The fourth-order valence-electron chi connectivity index (χ4n) is 3.50. The third-order valence-corrected chi connectivity index (χ3v) is 5.68. The lowest BCUT2D eigenvalue weighted by Crippen LogP contribution is -2.58. The molecule has 9 heteroatoms. The molecule has 2 aliphatic heterocycles. The molecule has 0 aromatic carbocycles. The van der Waals surface area contributed by atoms with Gasteiger partial charge >= 0.3 is 12.1 Å². The molecular formula is C20H42N6O3. The van der Waals surface area contributed by atoms with Crippen molar-refractivity contribution in [1.82, 2.24) is 30.2 Å². The van der Waals surface area contributed by atoms with Crippen molar-refractivity contribution in [2.24, 2.45) is 5.92 Å². The second-order valence-corrected chi connectivity index (χ2v) is 8.29. The van der Waals surface area contributed by atoms with Crippen LogP contribution in [0.15, 0.2) is 0 Å². The van der Waals surface area contributed by atoms with Gasteiger partial charge in [-0.05, 0) is 20.3 Å². The van der Waals surface area contributed by atoms with Gasteiger partial charge in [-0.3, -0.25) is 9.69 Å². The van der Waals surface area contributed by atoms with Crippen LogP contribution in [0.1, 0.15) is 37.0 Å². The van der Waals surface area contributed by atoms with Gasteiger partial charge in [-0.25, -0.2) is 9.59 Å². The molecule has 0 aromatic rings. The predicted octanol–water partition coefficient (Wildman–Crippen LogP) is 1.11. The molecule has 0 spiro atoms. The molecule has 0 bridgehead atoms. The lowest BCUT2D eigenvalue weighted by molar-refractivity contribution is -0.124. The maximum atomic E-state index is 12.8. The molecule has 1 unspecified atom stereocenters. The van der Waals surface area contributed by atoms with E-state index >= 15 is 0 Å². The Bertz CT molecular complexity index is 565. The summed E-state index contributed by atoms with van der Waals surface area (Å²) in [6.07, 6.45) is 0.850. The summed E-state index contributed by atoms with van der Waals surface area (Å²) in [5, 5.41) is 5.88. The van der Waals surface area contributed by atoms with Crippen LogP contribution in [-0.2, 0) is 4.79 Å². The minimum Gasteiger partial charge on any atom is -0.355 e. The summed E-state index contributed by atoms with van der Waals surface area (Å²) in [5.74, 6) is 0.170. The molecule has 5 amide bonds. The quantitative estimate of drug-likeness (QED) is 0.682. The molecule has 170 valence electrons. The Morgan fingerprint density at radius 2 is 1.38 bits per heavy atom. The summed E-state index contributed by atoms with van der Waals surface area (Å²) in [7, 11) is 0. The van der Waals surface area contributed by atoms with Crippen molar-refractivity contribution in [3.05, 3.63) is 0 Å². The third-order valence-electron chi connectivity index (χ3n) is 5.68. The van der Waals surface area contributed by atoms with E-state index in [1.165, 1.54) is 0 Å². The van der Waals surface area contributed by atoms with Gasteiger partial charge in [0, 0.05) is 80.3 Å². The second kappa shape index (κ2) is 11.2. The predicted molar refractivity (Wildman–Crippen MR) is 117 cm³/mol. The number of nitrogens with zero attached hydrogens (tertiary/aromatic N) is 4. The highest BCUT2D eigenvalue weighted by Crippen LogP contribution is 2.09. The second-order valence-electron chi connectivity index (χ2n) is 8.29. The Morgan fingerprint density at radius 1 is 0.862 bits per heavy atom. The minimum absolute atomic E-state index is 0. The van der Waals surface area contributed by atoms with E-state index in [-0.39, 0.29) is 32.8 Å². The number of carbonyl (C=O) groups excluding carboxylic acids is 3. The van der Waals surface area contributed by atoms with Crippen molar-refractivity contribution < 1.29 is 17.2 Å². The van der Waals surface area contributed by atoms with E-state index in [1.54, 1.807) is 4.90 Å². The Kier molecular flexibility index (Phi) is 9.00. The molecule has 0 aliphatic carbocycles. The van der Waals surface area contributed by atoms with Gasteiger partial charge in [0.05, 0.1) is 0 Å². The average Bonchev–Trinajstić information content (AvgIpc) is 2.72. The summed E-state index contributed by atoms with van der Waals surface area (Å²) in [6, 6.07) is 0.126. The molecule has 0 aromatic heterocycles. The summed E-state index contributed by atoms with van der Waals surface area (Å²) >= 11 is 0. The molecular weight excluding hydrogens is 372 g/mol. The highest BCUT2D eigenvalue weighted by molar-refractivity contribution is 5.78. The Balaban J connectivity index is 0.00000450. The highest BCUT2D eigenvalue weighted by Gasteiger charge is 2.29. The van der Waals surface area contributed by atoms with Crippen LogP contribution in [0.25, 0.3) is 0 Å². The molecule has 2 aliphatic rings. The van der Waals surface area contributed by atoms with E-state index in [2.05, 4.69) is 15.5 Å². The van der Waals surface area contributed by atoms with Gasteiger partial charge in [0.25, 0.3) is 0 Å². The van der Waals surface area contributed by atoms with E-state index in [4.69, 9.17) is 0 Å². The van der Waals surface area contributed by atoms with E-state index in [0.717, 1.165) is 26.1 Å². The van der Waals surface area contributed by atoms with Crippen LogP contribution < -0.4 is 10.6 Å². The number of nitrogens with one attached hydrogen (secondary N) is 2. The summed E-state index contributed by atoms with van der Waals surface area (Å²) in [5.41, 5.74) is 0. The number of rotatable bonds is 6. The highest BCUT2D eigenvalue weighted by atomic mass is 16.2. The maximum Gasteiger partial charge on any atom is 0.320 e. The van der Waals surface area contributed by atoms with Gasteiger partial charge in [-0.1, -0.05) is 13.8 Å². The van der Waals surface area contributed by atoms with Gasteiger partial charge in [-0.15, -0.1) is 0 Å². The largest absolute Gasteiger partial charge is 0.355 e. The van der Waals surface area contributed by atoms with Crippen molar-refractivity contribution >= 4 is 18.0 Å². The smallest absolute Gasteiger partial charge is 0.320 e. The summed E-state index contributed by atoms with van der Waals surface area (Å²) in [4.78, 5) is 44.5. The zero-order chi connectivity index (χ0) is 21.4. The van der Waals surface area contributed by atoms with Crippen LogP contribution in [0, 0.1) is 5.92 Å². The summed E-state index contributed by atoms with van der Waals surface area (Å²) in [6.45, 7) is 14.6. The van der Waals surface area contributed by atoms with Crippen molar-refractivity contribution in [2.75, 3.05) is 65.4 Å². The van der Waals surface area contributed by atoms with Gasteiger partial charge < -0.3 is 25.3 Å². The molecule has 2 fully saturated rings. The van der Waals surface area contributed by atoms with Crippen LogP contribution in [0.2, 0.25) is 0 Å². The Morgan fingerprint density at radius 3 is 1.90 bits per heavy atom. The molecule has 2 saturated heterocycles. The van der Waals surface area contributed by atoms with Crippen LogP contribution in [-0.4, -0.2) is 109 Å². The maximum absolute atomic E-state index is 12.8. The monoisotopic (exact) mass is 414 g/mol. The zero-order valence-corrected chi connectivity index (χ0v) is 18.4. The first kappa shape index (κ1) is 23.3. The molecule has 1 atom stereocenters. The third kappa shape index (κ3) is 7.06. The Hall–Kier alpha value is -2.03. The number of carbonyl (C=O) groups is 3. The number of hydrogen-bond acceptors (Lipinski definition) is 4. The van der Waals surface area contributed by atoms with Crippen molar-refractivity contribution in [1.29, 1.82) is 0 Å². The molecule has 0 saturated carbocycles. The van der Waals surface area contributed by atoms with Crippen LogP contribution >= 0.6 is 0 Å². The normalized spacial score (nSPS) is 19.3. The van der Waals surface area contributed by atoms with Crippen LogP contribution in [0.4, 0.5) is 9.59 Å². The molecule has 2 heterocycles. The number of urea groups is 2. The molecule has 0 radical (unpaired) electrons. The van der Waals surface area contributed by atoms with Crippen LogP contribution in [0.5, 0.6) is 0 Å². The number of amides is 5. The lowest BCUT2D eigenvalue weighted by atomic mass is 10.1. The van der Waals surface area contributed by atoms with E-state index in [1.807, 2.05) is 37.5 Å². The minimum atomic E-state index is -0.0545. The van der Waals surface area contributed by atoms with Gasteiger partial charge in [-0.2, -0.15) is 0 Å². The van der Waals surface area contributed by atoms with Crippen molar-refractivity contribution in [2.45, 2.75) is 40.2 Å². The lowest BCUT2D eigenvalue weighted by Gasteiger charge is -2.40. The molecule has 2 N–H and O–H groups in total. The van der Waals surface area contributed by atoms with Gasteiger partial charge in [0.15, 0.2) is 0 Å². The Labute approximate surface area is 177 Å². The van der Waals surface area contributed by atoms with Gasteiger partial charge in [0.1, 0.15) is 0 Å². The van der Waals surface area contributed by atoms with Crippen molar-refractivity contribution in [3.8, 4) is 0 Å². The first-order chi connectivity index (χ1) is 13.8. The first-order valence-electron chi connectivity index (χ1n) is 10.9. The SMILES string of the molecule is CCC(C)C(=O)NCCN1CCN(C(=O)N2CCN(C(=O)NC(C)C)CC2)CC1.[HH].[HH]. The fraction of sp³-hybridized carbons (Fsp3) is 0.850. The number of piperazine rings is 2. The fourth-order valence-corrected chi connectivity index (χ4v) is 3.50. The van der Waals surface area contributed by atoms with E-state index in [9.17, 15) is 14.4 Å². The van der Waals surface area contributed by atoms with E-state index in [0.29, 0.717) is 45.8 Å². The van der Waals surface area contributed by atoms with Gasteiger partial charge in [0.2, 0.25) is 5.91 Å². The average molecular weight is 415 g/mol. The zero-order valence-electron chi connectivity index (χ0n) is 18.4. The van der Waals surface area contributed by atoms with Crippen molar-refractivity contribution in [3.63, 3.8) is 0 Å². The summed E-state index contributed by atoms with van der Waals surface area (Å²) < 4.78 is 0. The topological polar surface area (TPSA) is 88.2 Å². The van der Waals surface area contributed by atoms with E-state index < -0.39 is 0 Å².